The van der Waals surface area contributed by atoms with Gasteiger partial charge in [-0.15, -0.1) is 0 Å². The predicted molar refractivity (Wildman–Crippen MR) is 57.2 cm³/mol. The van der Waals surface area contributed by atoms with Crippen LogP contribution in [-0.4, -0.2) is 43.8 Å². The molecule has 1 aliphatic carbocycles. The van der Waals surface area contributed by atoms with Gasteiger partial charge in [0.1, 0.15) is 0 Å². The second-order valence-electron chi connectivity index (χ2n) is 5.35. The Kier molecular flexibility index (Phi) is 2.82. The first-order chi connectivity index (χ1) is 6.63. The number of rotatable bonds is 3. The summed E-state index contributed by atoms with van der Waals surface area (Å²) in [6, 6.07) is 1.23. The number of likely N-dealkylation sites (tertiary alicyclic amines) is 1. The van der Waals surface area contributed by atoms with E-state index in [9.17, 15) is 0 Å². The van der Waals surface area contributed by atoms with Crippen LogP contribution in [0.25, 0.3) is 0 Å². The third kappa shape index (κ3) is 1.95. The Balaban J connectivity index is 1.82. The third-order valence-corrected chi connectivity index (χ3v) is 3.75. The topological polar surface area (TPSA) is 38.5 Å². The van der Waals surface area contributed by atoms with Gasteiger partial charge in [-0.2, -0.15) is 0 Å². The summed E-state index contributed by atoms with van der Waals surface area (Å²) in [5, 5.41) is 0. The van der Waals surface area contributed by atoms with Crippen LogP contribution in [0.2, 0.25) is 0 Å². The second kappa shape index (κ2) is 3.80. The van der Waals surface area contributed by atoms with Crippen LogP contribution in [0, 0.1) is 5.41 Å². The van der Waals surface area contributed by atoms with Crippen LogP contribution in [0.3, 0.4) is 0 Å². The first-order valence-electron chi connectivity index (χ1n) is 5.61. The summed E-state index contributed by atoms with van der Waals surface area (Å²) in [6.07, 6.45) is 3.67. The number of methoxy groups -OCH3 is 1. The molecule has 0 aromatic heterocycles. The molecule has 1 heterocycles. The van der Waals surface area contributed by atoms with Crippen molar-refractivity contribution in [2.75, 3.05) is 26.8 Å². The minimum Gasteiger partial charge on any atom is -0.384 e. The van der Waals surface area contributed by atoms with Crippen molar-refractivity contribution in [1.29, 1.82) is 0 Å². The summed E-state index contributed by atoms with van der Waals surface area (Å²) in [5.74, 6) is 0. The van der Waals surface area contributed by atoms with Gasteiger partial charge >= 0.3 is 0 Å². The van der Waals surface area contributed by atoms with E-state index in [1.54, 1.807) is 7.11 Å². The van der Waals surface area contributed by atoms with Crippen molar-refractivity contribution in [3.63, 3.8) is 0 Å². The Morgan fingerprint density at radius 1 is 1.50 bits per heavy atom. The molecular formula is C11H22N2O. The fourth-order valence-corrected chi connectivity index (χ4v) is 2.77. The molecule has 1 unspecified atom stereocenters. The van der Waals surface area contributed by atoms with E-state index in [1.807, 2.05) is 0 Å². The van der Waals surface area contributed by atoms with Gasteiger partial charge in [0.25, 0.3) is 0 Å². The minimum absolute atomic E-state index is 0.383. The lowest BCUT2D eigenvalue weighted by Gasteiger charge is -2.40. The van der Waals surface area contributed by atoms with Crippen LogP contribution in [0.15, 0.2) is 0 Å². The van der Waals surface area contributed by atoms with Crippen molar-refractivity contribution in [2.24, 2.45) is 11.1 Å². The zero-order valence-electron chi connectivity index (χ0n) is 9.33. The van der Waals surface area contributed by atoms with E-state index in [0.717, 1.165) is 12.6 Å². The van der Waals surface area contributed by atoms with Gasteiger partial charge in [0.2, 0.25) is 0 Å². The summed E-state index contributed by atoms with van der Waals surface area (Å²) in [7, 11) is 1.80. The first-order valence-corrected chi connectivity index (χ1v) is 5.61. The molecule has 0 spiro atoms. The molecule has 0 bridgehead atoms. The molecule has 0 amide bonds. The van der Waals surface area contributed by atoms with Gasteiger partial charge in [-0.25, -0.2) is 0 Å². The SMILES string of the molecule is COCC1(C)CCN(C2CC(N)C2)C1. The third-order valence-electron chi connectivity index (χ3n) is 3.75. The number of hydrogen-bond donors (Lipinski definition) is 1. The highest BCUT2D eigenvalue weighted by molar-refractivity contribution is 4.96. The number of nitrogens with two attached hydrogens (primary N) is 1. The Labute approximate surface area is 86.6 Å². The average molecular weight is 198 g/mol. The van der Waals surface area contributed by atoms with Crippen molar-refractivity contribution < 1.29 is 4.74 Å². The fraction of sp³-hybridized carbons (Fsp3) is 1.00. The van der Waals surface area contributed by atoms with E-state index in [0.29, 0.717) is 11.5 Å². The van der Waals surface area contributed by atoms with Crippen molar-refractivity contribution in [3.05, 3.63) is 0 Å². The van der Waals surface area contributed by atoms with Crippen molar-refractivity contribution >= 4 is 0 Å². The Morgan fingerprint density at radius 3 is 2.79 bits per heavy atom. The molecule has 2 aliphatic rings. The van der Waals surface area contributed by atoms with Crippen LogP contribution in [0.1, 0.15) is 26.2 Å². The summed E-state index contributed by atoms with van der Waals surface area (Å²) in [6.45, 7) is 5.65. The summed E-state index contributed by atoms with van der Waals surface area (Å²) in [4.78, 5) is 2.60. The Bertz CT molecular complexity index is 203. The van der Waals surface area contributed by atoms with Crippen LogP contribution in [0.5, 0.6) is 0 Å². The molecule has 3 nitrogen and oxygen atoms in total. The molecule has 3 heteroatoms. The van der Waals surface area contributed by atoms with Gasteiger partial charge in [-0.1, -0.05) is 6.92 Å². The molecule has 0 radical (unpaired) electrons. The van der Waals surface area contributed by atoms with Gasteiger partial charge in [0.05, 0.1) is 6.61 Å². The maximum absolute atomic E-state index is 5.81. The normalized spacial score (nSPS) is 43.9. The van der Waals surface area contributed by atoms with Crippen LogP contribution >= 0.6 is 0 Å². The molecule has 2 fully saturated rings. The van der Waals surface area contributed by atoms with Gasteiger partial charge in [0.15, 0.2) is 0 Å². The molecule has 2 rings (SSSR count). The molecule has 1 atom stereocenters. The van der Waals surface area contributed by atoms with Crippen LogP contribution in [-0.2, 0) is 4.74 Å². The van der Waals surface area contributed by atoms with Crippen LogP contribution < -0.4 is 5.73 Å². The molecular weight excluding hydrogens is 176 g/mol. The van der Waals surface area contributed by atoms with Gasteiger partial charge in [-0.05, 0) is 25.8 Å². The van der Waals surface area contributed by atoms with E-state index in [4.69, 9.17) is 10.5 Å². The fourth-order valence-electron chi connectivity index (χ4n) is 2.77. The van der Waals surface area contributed by atoms with E-state index < -0.39 is 0 Å². The molecule has 1 aliphatic heterocycles. The summed E-state index contributed by atoms with van der Waals surface area (Å²) in [5.41, 5.74) is 6.19. The highest BCUT2D eigenvalue weighted by Gasteiger charge is 2.40. The zero-order chi connectivity index (χ0) is 10.2. The minimum atomic E-state index is 0.383. The maximum Gasteiger partial charge on any atom is 0.0528 e. The molecule has 82 valence electrons. The smallest absolute Gasteiger partial charge is 0.0528 e. The number of hydrogen-bond acceptors (Lipinski definition) is 3. The molecule has 0 aromatic carbocycles. The largest absolute Gasteiger partial charge is 0.384 e. The number of nitrogens with zero attached hydrogens (tertiary/aromatic N) is 1. The highest BCUT2D eigenvalue weighted by Crippen LogP contribution is 2.35. The lowest BCUT2D eigenvalue weighted by molar-refractivity contribution is 0.0762. The van der Waals surface area contributed by atoms with Gasteiger partial charge in [-0.3, -0.25) is 4.90 Å². The zero-order valence-corrected chi connectivity index (χ0v) is 9.33. The quantitative estimate of drug-likeness (QED) is 0.730. The molecule has 0 aromatic rings. The van der Waals surface area contributed by atoms with Crippen molar-refractivity contribution in [2.45, 2.75) is 38.3 Å². The monoisotopic (exact) mass is 198 g/mol. The van der Waals surface area contributed by atoms with Crippen LogP contribution in [0.4, 0.5) is 0 Å². The van der Waals surface area contributed by atoms with E-state index in [1.165, 1.54) is 32.4 Å². The van der Waals surface area contributed by atoms with Gasteiger partial charge < -0.3 is 10.5 Å². The lowest BCUT2D eigenvalue weighted by atomic mass is 9.86. The Hall–Kier alpha value is -0.120. The standard InChI is InChI=1S/C11H22N2O/c1-11(8-14-2)3-4-13(7-11)10-5-9(12)6-10/h9-10H,3-8,12H2,1-2H3. The summed E-state index contributed by atoms with van der Waals surface area (Å²) < 4.78 is 5.28. The van der Waals surface area contributed by atoms with E-state index >= 15 is 0 Å². The second-order valence-corrected chi connectivity index (χ2v) is 5.35. The average Bonchev–Trinajstić information content (AvgIpc) is 2.43. The van der Waals surface area contributed by atoms with Crippen molar-refractivity contribution in [3.8, 4) is 0 Å². The Morgan fingerprint density at radius 2 is 2.21 bits per heavy atom. The number of ether oxygens (including phenoxy) is 1. The van der Waals surface area contributed by atoms with Gasteiger partial charge in [0, 0.05) is 31.2 Å². The van der Waals surface area contributed by atoms with E-state index in [-0.39, 0.29) is 0 Å². The predicted octanol–water partition coefficient (Wildman–Crippen LogP) is 0.835. The lowest BCUT2D eigenvalue weighted by Crippen LogP contribution is -2.50. The molecule has 14 heavy (non-hydrogen) atoms. The highest BCUT2D eigenvalue weighted by atomic mass is 16.5. The molecule has 2 N–H and O–H groups in total. The molecule has 1 saturated carbocycles. The van der Waals surface area contributed by atoms with Crippen molar-refractivity contribution in [1.82, 2.24) is 4.90 Å². The van der Waals surface area contributed by atoms with E-state index in [2.05, 4.69) is 11.8 Å². The molecule has 1 saturated heterocycles. The first kappa shape index (κ1) is 10.4. The summed E-state index contributed by atoms with van der Waals surface area (Å²) >= 11 is 0. The maximum atomic E-state index is 5.81.